The first-order valence-corrected chi connectivity index (χ1v) is 5.53. The lowest BCUT2D eigenvalue weighted by molar-refractivity contribution is 0.253. The van der Waals surface area contributed by atoms with Crippen molar-refractivity contribution >= 4 is 0 Å². The van der Waals surface area contributed by atoms with Gasteiger partial charge >= 0.3 is 0 Å². The molecule has 0 aliphatic carbocycles. The van der Waals surface area contributed by atoms with E-state index in [1.165, 1.54) is 12.6 Å². The van der Waals surface area contributed by atoms with Gasteiger partial charge in [-0.3, -0.25) is 9.88 Å². The number of nitrogens with zero attached hydrogens (tertiary/aromatic N) is 2. The smallest absolute Gasteiger partial charge is 0.133 e. The summed E-state index contributed by atoms with van der Waals surface area (Å²) < 4.78 is 0. The fraction of sp³-hybridized carbons (Fsp3) is 0.583. The van der Waals surface area contributed by atoms with Crippen molar-refractivity contribution in [1.82, 2.24) is 9.88 Å². The Morgan fingerprint density at radius 3 is 2.80 bits per heavy atom. The number of hydrogen-bond donors (Lipinski definition) is 1. The highest BCUT2D eigenvalue weighted by Crippen LogP contribution is 2.23. The summed E-state index contributed by atoms with van der Waals surface area (Å²) in [7, 11) is 0. The van der Waals surface area contributed by atoms with Gasteiger partial charge in [-0.1, -0.05) is 6.92 Å². The van der Waals surface area contributed by atoms with E-state index in [0.29, 0.717) is 6.04 Å². The molecule has 2 unspecified atom stereocenters. The van der Waals surface area contributed by atoms with Crippen LogP contribution in [0.3, 0.4) is 0 Å². The van der Waals surface area contributed by atoms with Crippen LogP contribution in [-0.4, -0.2) is 27.6 Å². The van der Waals surface area contributed by atoms with Crippen LogP contribution in [0.4, 0.5) is 0 Å². The number of hydrogen-bond acceptors (Lipinski definition) is 3. The monoisotopic (exact) mass is 206 g/mol. The molecule has 0 saturated carbocycles. The summed E-state index contributed by atoms with van der Waals surface area (Å²) in [4.78, 5) is 6.66. The Morgan fingerprint density at radius 2 is 2.27 bits per heavy atom. The number of aromatic nitrogens is 1. The van der Waals surface area contributed by atoms with Crippen molar-refractivity contribution in [3.05, 3.63) is 24.0 Å². The Bertz CT molecular complexity index is 323. The van der Waals surface area contributed by atoms with E-state index < -0.39 is 0 Å². The summed E-state index contributed by atoms with van der Waals surface area (Å²) in [6, 6.07) is 4.24. The van der Waals surface area contributed by atoms with Gasteiger partial charge in [-0.05, 0) is 31.4 Å². The van der Waals surface area contributed by atoms with Gasteiger partial charge in [0.2, 0.25) is 0 Å². The molecule has 1 fully saturated rings. The van der Waals surface area contributed by atoms with Gasteiger partial charge in [-0.2, -0.15) is 0 Å². The molecule has 2 atom stereocenters. The molecule has 1 aromatic rings. The fourth-order valence-corrected chi connectivity index (χ4v) is 2.32. The van der Waals surface area contributed by atoms with Crippen LogP contribution in [0.2, 0.25) is 0 Å². The molecule has 2 heterocycles. The lowest BCUT2D eigenvalue weighted by atomic mass is 10.1. The van der Waals surface area contributed by atoms with Crippen molar-refractivity contribution in [2.45, 2.75) is 32.9 Å². The third-order valence-electron chi connectivity index (χ3n) is 3.09. The molecule has 82 valence electrons. The molecular weight excluding hydrogens is 188 g/mol. The molecule has 15 heavy (non-hydrogen) atoms. The zero-order valence-corrected chi connectivity index (χ0v) is 9.35. The van der Waals surface area contributed by atoms with Gasteiger partial charge in [-0.15, -0.1) is 0 Å². The topological polar surface area (TPSA) is 36.4 Å². The standard InChI is InChI=1S/C12H18N2O/c1-9-5-10(2)14(7-9)8-11-3-4-12(15)6-13-11/h3-4,6,9-10,15H,5,7-8H2,1-2H3. The highest BCUT2D eigenvalue weighted by Gasteiger charge is 2.25. The second kappa shape index (κ2) is 4.19. The van der Waals surface area contributed by atoms with Gasteiger partial charge in [-0.25, -0.2) is 0 Å². The molecule has 0 bridgehead atoms. The van der Waals surface area contributed by atoms with E-state index in [9.17, 15) is 0 Å². The number of rotatable bonds is 2. The highest BCUT2D eigenvalue weighted by atomic mass is 16.3. The lowest BCUT2D eigenvalue weighted by Gasteiger charge is -2.20. The molecular formula is C12H18N2O. The predicted octanol–water partition coefficient (Wildman–Crippen LogP) is 2.02. The van der Waals surface area contributed by atoms with Crippen LogP contribution in [0.15, 0.2) is 18.3 Å². The molecule has 0 spiro atoms. The third kappa shape index (κ3) is 2.48. The van der Waals surface area contributed by atoms with Gasteiger partial charge in [0.25, 0.3) is 0 Å². The molecule has 3 nitrogen and oxygen atoms in total. The van der Waals surface area contributed by atoms with E-state index in [1.807, 2.05) is 6.07 Å². The first-order valence-electron chi connectivity index (χ1n) is 5.53. The highest BCUT2D eigenvalue weighted by molar-refractivity contribution is 5.18. The van der Waals surface area contributed by atoms with Gasteiger partial charge < -0.3 is 5.11 Å². The van der Waals surface area contributed by atoms with E-state index in [2.05, 4.69) is 23.7 Å². The SMILES string of the molecule is CC1CC(C)N(Cc2ccc(O)cn2)C1. The zero-order chi connectivity index (χ0) is 10.8. The van der Waals surface area contributed by atoms with Crippen LogP contribution in [0.5, 0.6) is 5.75 Å². The maximum absolute atomic E-state index is 9.14. The molecule has 0 amide bonds. The quantitative estimate of drug-likeness (QED) is 0.804. The van der Waals surface area contributed by atoms with Crippen LogP contribution >= 0.6 is 0 Å². The summed E-state index contributed by atoms with van der Waals surface area (Å²) in [6.45, 7) is 6.61. The van der Waals surface area contributed by atoms with Crippen LogP contribution in [0.1, 0.15) is 26.0 Å². The van der Waals surface area contributed by atoms with E-state index in [-0.39, 0.29) is 5.75 Å². The van der Waals surface area contributed by atoms with Crippen molar-refractivity contribution < 1.29 is 5.11 Å². The molecule has 2 rings (SSSR count). The van der Waals surface area contributed by atoms with Gasteiger partial charge in [0.05, 0.1) is 11.9 Å². The van der Waals surface area contributed by atoms with Crippen molar-refractivity contribution in [2.75, 3.05) is 6.54 Å². The van der Waals surface area contributed by atoms with Gasteiger partial charge in [0, 0.05) is 19.1 Å². The van der Waals surface area contributed by atoms with Crippen LogP contribution < -0.4 is 0 Å². The number of pyridine rings is 1. The van der Waals surface area contributed by atoms with Crippen LogP contribution in [0.25, 0.3) is 0 Å². The van der Waals surface area contributed by atoms with Gasteiger partial charge in [0.15, 0.2) is 0 Å². The molecule has 1 aliphatic heterocycles. The van der Waals surface area contributed by atoms with Crippen molar-refractivity contribution in [3.8, 4) is 5.75 Å². The largest absolute Gasteiger partial charge is 0.506 e. The van der Waals surface area contributed by atoms with Crippen molar-refractivity contribution in [3.63, 3.8) is 0 Å². The average molecular weight is 206 g/mol. The number of likely N-dealkylation sites (tertiary alicyclic amines) is 1. The normalized spacial score (nSPS) is 27.1. The van der Waals surface area contributed by atoms with E-state index >= 15 is 0 Å². The molecule has 3 heteroatoms. The lowest BCUT2D eigenvalue weighted by Crippen LogP contribution is -2.26. The summed E-state index contributed by atoms with van der Waals surface area (Å²) in [5, 5.41) is 9.14. The summed E-state index contributed by atoms with van der Waals surface area (Å²) in [5.41, 5.74) is 1.04. The predicted molar refractivity (Wildman–Crippen MR) is 59.6 cm³/mol. The fourth-order valence-electron chi connectivity index (χ4n) is 2.32. The first-order chi connectivity index (χ1) is 7.15. The zero-order valence-electron chi connectivity index (χ0n) is 9.35. The molecule has 0 aromatic carbocycles. The molecule has 1 N–H and O–H groups in total. The summed E-state index contributed by atoms with van der Waals surface area (Å²) in [5.74, 6) is 1.03. The minimum absolute atomic E-state index is 0.238. The average Bonchev–Trinajstić information content (AvgIpc) is 2.49. The molecule has 1 saturated heterocycles. The first kappa shape index (κ1) is 10.4. The minimum atomic E-state index is 0.238. The Kier molecular flexibility index (Phi) is 2.91. The van der Waals surface area contributed by atoms with Crippen LogP contribution in [-0.2, 0) is 6.54 Å². The third-order valence-corrected chi connectivity index (χ3v) is 3.09. The second-order valence-electron chi connectivity index (χ2n) is 4.63. The Morgan fingerprint density at radius 1 is 1.47 bits per heavy atom. The Hall–Kier alpha value is -1.09. The molecule has 1 aliphatic rings. The van der Waals surface area contributed by atoms with Crippen LogP contribution in [0, 0.1) is 5.92 Å². The molecule has 0 radical (unpaired) electrons. The maximum Gasteiger partial charge on any atom is 0.133 e. The van der Waals surface area contributed by atoms with E-state index in [1.54, 1.807) is 6.07 Å². The second-order valence-corrected chi connectivity index (χ2v) is 4.63. The number of aromatic hydroxyl groups is 1. The molecule has 1 aromatic heterocycles. The summed E-state index contributed by atoms with van der Waals surface area (Å²) >= 11 is 0. The van der Waals surface area contributed by atoms with Crippen molar-refractivity contribution in [1.29, 1.82) is 0 Å². The minimum Gasteiger partial charge on any atom is -0.506 e. The summed E-state index contributed by atoms with van der Waals surface area (Å²) in [6.07, 6.45) is 2.79. The van der Waals surface area contributed by atoms with Gasteiger partial charge in [0.1, 0.15) is 5.75 Å². The Labute approximate surface area is 90.8 Å². The Balaban J connectivity index is 2.00. The van der Waals surface area contributed by atoms with Crippen molar-refractivity contribution in [2.24, 2.45) is 5.92 Å². The van der Waals surface area contributed by atoms with E-state index in [4.69, 9.17) is 5.11 Å². The van der Waals surface area contributed by atoms with E-state index in [0.717, 1.165) is 24.7 Å². The maximum atomic E-state index is 9.14.